The van der Waals surface area contributed by atoms with Gasteiger partial charge in [0.1, 0.15) is 28.8 Å². The van der Waals surface area contributed by atoms with Crippen molar-refractivity contribution in [2.45, 2.75) is 0 Å². The number of pyridine rings is 1. The van der Waals surface area contributed by atoms with Crippen LogP contribution in [0.4, 0.5) is 13.2 Å². The second-order valence-corrected chi connectivity index (χ2v) is 3.62. The first kappa shape index (κ1) is 13.1. The highest BCUT2D eigenvalue weighted by Crippen LogP contribution is 2.32. The molecule has 0 atom stereocenters. The molecule has 1 heterocycles. The van der Waals surface area contributed by atoms with Crippen molar-refractivity contribution in [3.63, 3.8) is 0 Å². The largest absolute Gasteiger partial charge is 0.494 e. The summed E-state index contributed by atoms with van der Waals surface area (Å²) in [5.41, 5.74) is -1.28. The predicted octanol–water partition coefficient (Wildman–Crippen LogP) is 2.99. The topological polar surface area (TPSA) is 39.2 Å². The molecule has 0 spiro atoms. The molecular weight excluding hydrogens is 259 g/mol. The van der Waals surface area contributed by atoms with Crippen molar-refractivity contribution >= 4 is 6.29 Å². The minimum atomic E-state index is -0.924. The monoisotopic (exact) mass is 267 g/mol. The molecule has 0 aliphatic heterocycles. The van der Waals surface area contributed by atoms with Gasteiger partial charge < -0.3 is 4.74 Å². The molecule has 0 radical (unpaired) electrons. The van der Waals surface area contributed by atoms with Gasteiger partial charge in [0.25, 0.3) is 0 Å². The SMILES string of the molecule is COc1cc(F)c(C=O)nc1-c1c(F)cccc1F. The Morgan fingerprint density at radius 3 is 2.32 bits per heavy atom. The van der Waals surface area contributed by atoms with Crippen molar-refractivity contribution in [1.29, 1.82) is 0 Å². The summed E-state index contributed by atoms with van der Waals surface area (Å²) in [4.78, 5) is 14.3. The van der Waals surface area contributed by atoms with Gasteiger partial charge in [0.2, 0.25) is 0 Å². The van der Waals surface area contributed by atoms with Crippen molar-refractivity contribution in [2.24, 2.45) is 0 Å². The third-order valence-electron chi connectivity index (χ3n) is 2.50. The summed E-state index contributed by atoms with van der Waals surface area (Å²) >= 11 is 0. The first-order valence-corrected chi connectivity index (χ1v) is 5.22. The summed E-state index contributed by atoms with van der Waals surface area (Å²) in [6.07, 6.45) is 0.164. The summed E-state index contributed by atoms with van der Waals surface area (Å²) in [7, 11) is 1.21. The number of hydrogen-bond acceptors (Lipinski definition) is 3. The number of methoxy groups -OCH3 is 1. The number of rotatable bonds is 3. The Morgan fingerprint density at radius 2 is 1.79 bits per heavy atom. The fraction of sp³-hybridized carbons (Fsp3) is 0.0769. The Balaban J connectivity index is 2.77. The summed E-state index contributed by atoms with van der Waals surface area (Å²) in [6.45, 7) is 0. The van der Waals surface area contributed by atoms with Crippen molar-refractivity contribution in [3.8, 4) is 17.0 Å². The third kappa shape index (κ3) is 2.29. The molecule has 3 nitrogen and oxygen atoms in total. The van der Waals surface area contributed by atoms with E-state index in [0.717, 1.165) is 18.2 Å². The van der Waals surface area contributed by atoms with Crippen LogP contribution in [0.5, 0.6) is 5.75 Å². The summed E-state index contributed by atoms with van der Waals surface area (Å²) in [5.74, 6) is -2.84. The molecule has 2 aromatic rings. The van der Waals surface area contributed by atoms with Crippen LogP contribution in [0.2, 0.25) is 0 Å². The van der Waals surface area contributed by atoms with E-state index in [1.54, 1.807) is 0 Å². The first-order valence-electron chi connectivity index (χ1n) is 5.22. The average molecular weight is 267 g/mol. The second kappa shape index (κ2) is 5.09. The van der Waals surface area contributed by atoms with Crippen LogP contribution in [0.25, 0.3) is 11.3 Å². The second-order valence-electron chi connectivity index (χ2n) is 3.62. The maximum Gasteiger partial charge on any atom is 0.171 e. The zero-order valence-corrected chi connectivity index (χ0v) is 9.78. The fourth-order valence-electron chi connectivity index (χ4n) is 1.63. The average Bonchev–Trinajstić information content (AvgIpc) is 2.39. The Hall–Kier alpha value is -2.37. The quantitative estimate of drug-likeness (QED) is 0.802. The number of carbonyl (C=O) groups is 1. The molecule has 0 saturated heterocycles. The Morgan fingerprint density at radius 1 is 1.16 bits per heavy atom. The molecule has 2 rings (SSSR count). The van der Waals surface area contributed by atoms with Gasteiger partial charge in [0.05, 0.1) is 12.7 Å². The molecular formula is C13H8F3NO2. The zero-order chi connectivity index (χ0) is 14.0. The van der Waals surface area contributed by atoms with Gasteiger partial charge in [-0.15, -0.1) is 0 Å². The van der Waals surface area contributed by atoms with Crippen molar-refractivity contribution < 1.29 is 22.7 Å². The number of benzene rings is 1. The Kier molecular flexibility index (Phi) is 3.50. The van der Waals surface area contributed by atoms with E-state index in [-0.39, 0.29) is 17.7 Å². The smallest absolute Gasteiger partial charge is 0.171 e. The third-order valence-corrected chi connectivity index (χ3v) is 2.50. The van der Waals surface area contributed by atoms with Crippen molar-refractivity contribution in [2.75, 3.05) is 7.11 Å². The van der Waals surface area contributed by atoms with Gasteiger partial charge in [-0.05, 0) is 12.1 Å². The number of hydrogen-bond donors (Lipinski definition) is 0. The lowest BCUT2D eigenvalue weighted by Gasteiger charge is -2.10. The Labute approximate surface area is 106 Å². The fourth-order valence-corrected chi connectivity index (χ4v) is 1.63. The standard InChI is InChI=1S/C13H8F3NO2/c1-19-11-5-9(16)10(6-18)17-13(11)12-7(14)3-2-4-8(12)15/h2-6H,1H3. The first-order chi connectivity index (χ1) is 9.08. The molecule has 0 amide bonds. The van der Waals surface area contributed by atoms with Crippen LogP contribution in [0.1, 0.15) is 10.5 Å². The number of aromatic nitrogens is 1. The van der Waals surface area contributed by atoms with Gasteiger partial charge >= 0.3 is 0 Å². The normalized spacial score (nSPS) is 10.3. The van der Waals surface area contributed by atoms with Crippen LogP contribution in [0.3, 0.4) is 0 Å². The highest BCUT2D eigenvalue weighted by Gasteiger charge is 2.19. The van der Waals surface area contributed by atoms with E-state index >= 15 is 0 Å². The molecule has 0 aliphatic carbocycles. The molecule has 0 N–H and O–H groups in total. The maximum atomic E-state index is 13.7. The predicted molar refractivity (Wildman–Crippen MR) is 61.5 cm³/mol. The van der Waals surface area contributed by atoms with Crippen molar-refractivity contribution in [1.82, 2.24) is 4.98 Å². The lowest BCUT2D eigenvalue weighted by Crippen LogP contribution is -2.02. The van der Waals surface area contributed by atoms with Gasteiger partial charge in [-0.25, -0.2) is 18.2 Å². The van der Waals surface area contributed by atoms with Crippen LogP contribution in [-0.4, -0.2) is 18.4 Å². The van der Waals surface area contributed by atoms with Crippen LogP contribution < -0.4 is 4.74 Å². The van der Waals surface area contributed by atoms with Gasteiger partial charge in [-0.3, -0.25) is 4.79 Å². The summed E-state index contributed by atoms with van der Waals surface area (Å²) in [5, 5.41) is 0. The van der Waals surface area contributed by atoms with E-state index in [4.69, 9.17) is 4.74 Å². The molecule has 19 heavy (non-hydrogen) atoms. The van der Waals surface area contributed by atoms with E-state index in [1.165, 1.54) is 13.2 Å². The van der Waals surface area contributed by atoms with E-state index in [0.29, 0.717) is 0 Å². The molecule has 0 saturated carbocycles. The van der Waals surface area contributed by atoms with Crippen LogP contribution >= 0.6 is 0 Å². The molecule has 1 aromatic carbocycles. The number of halogens is 3. The molecule has 6 heteroatoms. The van der Waals surface area contributed by atoms with Gasteiger partial charge in [-0.1, -0.05) is 6.07 Å². The molecule has 0 unspecified atom stereocenters. The van der Waals surface area contributed by atoms with Gasteiger partial charge in [-0.2, -0.15) is 0 Å². The number of nitrogens with zero attached hydrogens (tertiary/aromatic N) is 1. The van der Waals surface area contributed by atoms with E-state index in [2.05, 4.69) is 4.98 Å². The number of aldehydes is 1. The molecule has 0 fully saturated rings. The maximum absolute atomic E-state index is 13.7. The highest BCUT2D eigenvalue weighted by molar-refractivity contribution is 5.77. The zero-order valence-electron chi connectivity index (χ0n) is 9.78. The molecule has 0 aliphatic rings. The van der Waals surface area contributed by atoms with Crippen molar-refractivity contribution in [3.05, 3.63) is 47.4 Å². The number of ether oxygens (including phenoxy) is 1. The summed E-state index contributed by atoms with van der Waals surface area (Å²) in [6, 6.07) is 4.11. The van der Waals surface area contributed by atoms with E-state index in [9.17, 15) is 18.0 Å². The van der Waals surface area contributed by atoms with Crippen LogP contribution in [0, 0.1) is 17.5 Å². The van der Waals surface area contributed by atoms with E-state index < -0.39 is 28.7 Å². The van der Waals surface area contributed by atoms with Crippen LogP contribution in [-0.2, 0) is 0 Å². The minimum absolute atomic E-state index is 0.160. The lowest BCUT2D eigenvalue weighted by molar-refractivity contribution is 0.111. The lowest BCUT2D eigenvalue weighted by atomic mass is 10.1. The van der Waals surface area contributed by atoms with Gasteiger partial charge in [0, 0.05) is 6.07 Å². The van der Waals surface area contributed by atoms with Gasteiger partial charge in [0.15, 0.2) is 12.1 Å². The van der Waals surface area contributed by atoms with E-state index in [1.807, 2.05) is 0 Å². The van der Waals surface area contributed by atoms with Crippen LogP contribution in [0.15, 0.2) is 24.3 Å². The highest BCUT2D eigenvalue weighted by atomic mass is 19.1. The molecule has 98 valence electrons. The number of carbonyl (C=O) groups excluding carboxylic acids is 1. The summed E-state index contributed by atoms with van der Waals surface area (Å²) < 4.78 is 45.6. The molecule has 1 aromatic heterocycles. The Bertz CT molecular complexity index is 624. The minimum Gasteiger partial charge on any atom is -0.494 e. The molecule has 0 bridgehead atoms.